The van der Waals surface area contributed by atoms with E-state index in [0.717, 1.165) is 58.3 Å². The minimum atomic E-state index is -0.190. The number of carbonyl (C=O) groups excluding carboxylic acids is 2. The van der Waals surface area contributed by atoms with Gasteiger partial charge in [0.1, 0.15) is 5.78 Å². The van der Waals surface area contributed by atoms with E-state index < -0.39 is 0 Å². The minimum absolute atomic E-state index is 0.190. The lowest BCUT2D eigenvalue weighted by Crippen LogP contribution is -2.38. The van der Waals surface area contributed by atoms with Crippen LogP contribution in [0.5, 0.6) is 0 Å². The number of likely N-dealkylation sites (tertiary alicyclic amines) is 1. The Bertz CT molecular complexity index is 376. The molecule has 1 amide bonds. The quantitative estimate of drug-likeness (QED) is 0.757. The van der Waals surface area contributed by atoms with Crippen LogP contribution in [0, 0.1) is 5.92 Å². The Labute approximate surface area is 134 Å². The lowest BCUT2D eigenvalue weighted by atomic mass is 9.92. The Hall–Kier alpha value is -1.10. The van der Waals surface area contributed by atoms with Crippen LogP contribution in [-0.2, 0) is 9.53 Å². The van der Waals surface area contributed by atoms with Crippen LogP contribution < -0.4 is 0 Å². The summed E-state index contributed by atoms with van der Waals surface area (Å²) in [6, 6.07) is 0.595. The van der Waals surface area contributed by atoms with E-state index in [9.17, 15) is 9.59 Å². The van der Waals surface area contributed by atoms with E-state index >= 15 is 0 Å². The molecule has 0 aromatic carbocycles. The highest BCUT2D eigenvalue weighted by Gasteiger charge is 2.27. The molecule has 1 saturated heterocycles. The van der Waals surface area contributed by atoms with Crippen molar-refractivity contribution in [1.29, 1.82) is 0 Å². The minimum Gasteiger partial charge on any atom is -0.453 e. The van der Waals surface area contributed by atoms with Crippen LogP contribution >= 0.6 is 0 Å². The molecule has 1 atom stereocenters. The van der Waals surface area contributed by atoms with E-state index in [-0.39, 0.29) is 6.09 Å². The van der Waals surface area contributed by atoms with Gasteiger partial charge in [-0.1, -0.05) is 6.92 Å². The molecule has 0 aromatic heterocycles. The highest BCUT2D eigenvalue weighted by Crippen LogP contribution is 2.24. The number of ketones is 1. The first-order valence-corrected chi connectivity index (χ1v) is 8.72. The second kappa shape index (κ2) is 8.51. The standard InChI is InChI=1S/C17H30N2O3/c1-3-18(15-6-8-16(20)9-7-15)11-4-5-14-10-12-19(13-14)17(21)22-2/h14-15H,3-13H2,1-2H3. The highest BCUT2D eigenvalue weighted by atomic mass is 16.5. The maximum Gasteiger partial charge on any atom is 0.409 e. The van der Waals surface area contributed by atoms with Crippen molar-refractivity contribution in [3.05, 3.63) is 0 Å². The van der Waals surface area contributed by atoms with Gasteiger partial charge in [-0.05, 0) is 51.1 Å². The van der Waals surface area contributed by atoms with Gasteiger partial charge in [-0.2, -0.15) is 0 Å². The summed E-state index contributed by atoms with van der Waals surface area (Å²) in [6.45, 7) is 6.07. The number of amides is 1. The molecular weight excluding hydrogens is 280 g/mol. The van der Waals surface area contributed by atoms with Crippen molar-refractivity contribution >= 4 is 11.9 Å². The zero-order chi connectivity index (χ0) is 15.9. The second-order valence-corrected chi connectivity index (χ2v) is 6.61. The summed E-state index contributed by atoms with van der Waals surface area (Å²) < 4.78 is 4.78. The third kappa shape index (κ3) is 4.70. The lowest BCUT2D eigenvalue weighted by molar-refractivity contribution is -0.121. The molecule has 2 aliphatic rings. The fraction of sp³-hybridized carbons (Fsp3) is 0.882. The van der Waals surface area contributed by atoms with Gasteiger partial charge >= 0.3 is 6.09 Å². The summed E-state index contributed by atoms with van der Waals surface area (Å²) in [7, 11) is 1.45. The molecule has 1 aliphatic carbocycles. The van der Waals surface area contributed by atoms with Crippen molar-refractivity contribution in [2.45, 2.75) is 57.9 Å². The summed E-state index contributed by atoms with van der Waals surface area (Å²) >= 11 is 0. The normalized spacial score (nSPS) is 23.3. The van der Waals surface area contributed by atoms with Crippen molar-refractivity contribution < 1.29 is 14.3 Å². The molecule has 0 bridgehead atoms. The Morgan fingerprint density at radius 1 is 1.32 bits per heavy atom. The number of ether oxygens (including phenoxy) is 1. The average molecular weight is 310 g/mol. The SMILES string of the molecule is CCN(CCCC1CCN(C(=O)OC)C1)C1CCC(=O)CC1. The van der Waals surface area contributed by atoms with Crippen molar-refractivity contribution in [2.75, 3.05) is 33.3 Å². The molecule has 1 aliphatic heterocycles. The number of hydrogen-bond donors (Lipinski definition) is 0. The molecule has 1 heterocycles. The van der Waals surface area contributed by atoms with Gasteiger partial charge in [0.05, 0.1) is 7.11 Å². The number of nitrogens with zero attached hydrogens (tertiary/aromatic N) is 2. The van der Waals surface area contributed by atoms with Crippen LogP contribution in [0.25, 0.3) is 0 Å². The Morgan fingerprint density at radius 2 is 2.05 bits per heavy atom. The zero-order valence-corrected chi connectivity index (χ0v) is 14.1. The van der Waals surface area contributed by atoms with Gasteiger partial charge in [-0.25, -0.2) is 4.79 Å². The van der Waals surface area contributed by atoms with Crippen LogP contribution in [0.3, 0.4) is 0 Å². The molecule has 1 saturated carbocycles. The van der Waals surface area contributed by atoms with Crippen LogP contribution in [0.15, 0.2) is 0 Å². The number of carbonyl (C=O) groups is 2. The van der Waals surface area contributed by atoms with Crippen LogP contribution in [0.4, 0.5) is 4.79 Å². The van der Waals surface area contributed by atoms with Gasteiger partial charge in [-0.3, -0.25) is 4.79 Å². The summed E-state index contributed by atoms with van der Waals surface area (Å²) in [5, 5.41) is 0. The number of methoxy groups -OCH3 is 1. The molecule has 5 heteroatoms. The maximum absolute atomic E-state index is 11.5. The molecule has 126 valence electrons. The van der Waals surface area contributed by atoms with Gasteiger partial charge in [0.2, 0.25) is 0 Å². The summed E-state index contributed by atoms with van der Waals surface area (Å²) in [5.41, 5.74) is 0. The molecule has 2 rings (SSSR count). The van der Waals surface area contributed by atoms with E-state index in [2.05, 4.69) is 11.8 Å². The monoisotopic (exact) mass is 310 g/mol. The predicted molar refractivity (Wildman–Crippen MR) is 85.8 cm³/mol. The molecule has 2 fully saturated rings. The fourth-order valence-electron chi connectivity index (χ4n) is 3.83. The Morgan fingerprint density at radius 3 is 2.68 bits per heavy atom. The summed E-state index contributed by atoms with van der Waals surface area (Å²) in [6.07, 6.45) is 6.85. The Kier molecular flexibility index (Phi) is 6.68. The molecule has 0 radical (unpaired) electrons. The number of rotatable bonds is 6. The largest absolute Gasteiger partial charge is 0.453 e. The predicted octanol–water partition coefficient (Wildman–Crippen LogP) is 2.69. The smallest absolute Gasteiger partial charge is 0.409 e. The highest BCUT2D eigenvalue weighted by molar-refractivity contribution is 5.79. The first-order chi connectivity index (χ1) is 10.6. The maximum atomic E-state index is 11.5. The van der Waals surface area contributed by atoms with Gasteiger partial charge in [0.25, 0.3) is 0 Å². The third-order valence-corrected chi connectivity index (χ3v) is 5.21. The molecule has 22 heavy (non-hydrogen) atoms. The first-order valence-electron chi connectivity index (χ1n) is 8.72. The van der Waals surface area contributed by atoms with E-state index in [0.29, 0.717) is 17.7 Å². The van der Waals surface area contributed by atoms with E-state index in [1.54, 1.807) is 0 Å². The van der Waals surface area contributed by atoms with Crippen molar-refractivity contribution in [2.24, 2.45) is 5.92 Å². The van der Waals surface area contributed by atoms with Crippen molar-refractivity contribution in [3.63, 3.8) is 0 Å². The van der Waals surface area contributed by atoms with Crippen LogP contribution in [0.2, 0.25) is 0 Å². The summed E-state index contributed by atoms with van der Waals surface area (Å²) in [4.78, 5) is 27.2. The lowest BCUT2D eigenvalue weighted by Gasteiger charge is -2.33. The average Bonchev–Trinajstić information content (AvgIpc) is 3.01. The topological polar surface area (TPSA) is 49.9 Å². The molecule has 1 unspecified atom stereocenters. The Balaban J connectivity index is 1.67. The molecule has 0 spiro atoms. The molecular formula is C17H30N2O3. The molecule has 5 nitrogen and oxygen atoms in total. The zero-order valence-electron chi connectivity index (χ0n) is 14.1. The van der Waals surface area contributed by atoms with E-state index in [1.165, 1.54) is 20.0 Å². The van der Waals surface area contributed by atoms with Gasteiger partial charge in [-0.15, -0.1) is 0 Å². The van der Waals surface area contributed by atoms with Crippen LogP contribution in [0.1, 0.15) is 51.9 Å². The summed E-state index contributed by atoms with van der Waals surface area (Å²) in [5.74, 6) is 1.05. The second-order valence-electron chi connectivity index (χ2n) is 6.61. The molecule has 0 N–H and O–H groups in total. The van der Waals surface area contributed by atoms with Gasteiger partial charge < -0.3 is 14.5 Å². The first kappa shape index (κ1) is 17.3. The van der Waals surface area contributed by atoms with E-state index in [1.807, 2.05) is 4.90 Å². The van der Waals surface area contributed by atoms with Crippen molar-refractivity contribution in [1.82, 2.24) is 9.80 Å². The van der Waals surface area contributed by atoms with Gasteiger partial charge in [0.15, 0.2) is 0 Å². The fourth-order valence-corrected chi connectivity index (χ4v) is 3.83. The van der Waals surface area contributed by atoms with E-state index in [4.69, 9.17) is 4.74 Å². The van der Waals surface area contributed by atoms with Crippen LogP contribution in [-0.4, -0.2) is 61.0 Å². The van der Waals surface area contributed by atoms with Gasteiger partial charge in [0, 0.05) is 32.0 Å². The third-order valence-electron chi connectivity index (χ3n) is 5.21. The number of Topliss-reactive ketones (excluding diaryl/α,β-unsaturated/α-hetero) is 1. The van der Waals surface area contributed by atoms with Crippen molar-refractivity contribution in [3.8, 4) is 0 Å². The number of hydrogen-bond acceptors (Lipinski definition) is 4. The molecule has 0 aromatic rings.